The highest BCUT2D eigenvalue weighted by atomic mass is 32.2. The molecule has 0 aliphatic carbocycles. The second-order valence-corrected chi connectivity index (χ2v) is 7.77. The first-order chi connectivity index (χ1) is 12.3. The van der Waals surface area contributed by atoms with E-state index in [-0.39, 0.29) is 6.08 Å². The molecule has 2 rings (SSSR count). The zero-order valence-electron chi connectivity index (χ0n) is 13.1. The molecular formula is C15H11F6NO3S2. The van der Waals surface area contributed by atoms with Gasteiger partial charge in [-0.25, -0.2) is 13.4 Å². The van der Waals surface area contributed by atoms with Gasteiger partial charge >= 0.3 is 11.7 Å². The van der Waals surface area contributed by atoms with Gasteiger partial charge < -0.3 is 4.55 Å². The lowest BCUT2D eigenvalue weighted by molar-refractivity contribution is -0.0796. The molecule has 148 valence electrons. The zero-order valence-corrected chi connectivity index (χ0v) is 14.7. The van der Waals surface area contributed by atoms with E-state index in [1.54, 1.807) is 48.7 Å². The average molecular weight is 431 g/mol. The first-order valence-corrected chi connectivity index (χ1v) is 9.48. The van der Waals surface area contributed by atoms with Crippen molar-refractivity contribution in [1.29, 1.82) is 0 Å². The summed E-state index contributed by atoms with van der Waals surface area (Å²) in [6, 6.07) is 14.3. The summed E-state index contributed by atoms with van der Waals surface area (Å²) in [5.41, 5.74) is -5.65. The third-order valence-electron chi connectivity index (χ3n) is 2.54. The van der Waals surface area contributed by atoms with Gasteiger partial charge in [-0.15, -0.1) is 0 Å². The van der Waals surface area contributed by atoms with Crippen LogP contribution in [0.1, 0.15) is 0 Å². The molecule has 12 heteroatoms. The maximum Gasteiger partial charge on any atom is 0.485 e. The van der Waals surface area contributed by atoms with Crippen molar-refractivity contribution in [3.05, 3.63) is 66.2 Å². The number of nitrogens with zero attached hydrogens (tertiary/aromatic N) is 1. The minimum atomic E-state index is -6.09. The van der Waals surface area contributed by atoms with Gasteiger partial charge in [0.15, 0.2) is 15.0 Å². The molecule has 0 fully saturated rings. The largest absolute Gasteiger partial charge is 0.741 e. The van der Waals surface area contributed by atoms with Gasteiger partial charge in [0, 0.05) is 12.3 Å². The van der Waals surface area contributed by atoms with Crippen molar-refractivity contribution >= 4 is 21.0 Å². The van der Waals surface area contributed by atoms with Gasteiger partial charge in [-0.3, -0.25) is 0 Å². The fraction of sp³-hybridized carbons (Fsp3) is 0.133. The lowest BCUT2D eigenvalue weighted by atomic mass is 10.4. The highest BCUT2D eigenvalue weighted by molar-refractivity contribution is 7.99. The number of hydrogen-bond donors (Lipinski definition) is 0. The van der Waals surface area contributed by atoms with E-state index < -0.39 is 32.7 Å². The SMILES string of the molecule is FC(F)(F)C=C[S+](c1ccccc1)c1ccccn1.O=S(=O)([O-])C(F)(F)F. The van der Waals surface area contributed by atoms with Crippen molar-refractivity contribution < 1.29 is 39.3 Å². The highest BCUT2D eigenvalue weighted by Gasteiger charge is 2.37. The van der Waals surface area contributed by atoms with Crippen LogP contribution in [0.4, 0.5) is 26.3 Å². The highest BCUT2D eigenvalue weighted by Crippen LogP contribution is 2.25. The molecule has 1 aromatic carbocycles. The Bertz CT molecular complexity index is 798. The lowest BCUT2D eigenvalue weighted by Crippen LogP contribution is -2.21. The fourth-order valence-electron chi connectivity index (χ4n) is 1.46. The molecular weight excluding hydrogens is 420 g/mol. The second kappa shape index (κ2) is 9.24. The van der Waals surface area contributed by atoms with Crippen LogP contribution in [0.15, 0.2) is 76.1 Å². The summed E-state index contributed by atoms with van der Waals surface area (Å²) in [5, 5.41) is 1.78. The summed E-state index contributed by atoms with van der Waals surface area (Å²) >= 11 is 0. The molecule has 1 unspecified atom stereocenters. The third-order valence-corrected chi connectivity index (χ3v) is 4.98. The number of halogens is 6. The second-order valence-electron chi connectivity index (χ2n) is 4.56. The van der Waals surface area contributed by atoms with Crippen LogP contribution in [0, 0.1) is 0 Å². The van der Waals surface area contributed by atoms with E-state index in [0.29, 0.717) is 5.03 Å². The van der Waals surface area contributed by atoms with Crippen LogP contribution in [0.3, 0.4) is 0 Å². The Morgan fingerprint density at radius 2 is 1.44 bits per heavy atom. The van der Waals surface area contributed by atoms with Gasteiger partial charge in [0.05, 0.1) is 6.08 Å². The number of aromatic nitrogens is 1. The topological polar surface area (TPSA) is 70.1 Å². The number of benzene rings is 1. The van der Waals surface area contributed by atoms with Crippen LogP contribution in [0.5, 0.6) is 0 Å². The fourth-order valence-corrected chi connectivity index (χ4v) is 3.14. The quantitative estimate of drug-likeness (QED) is 0.315. The summed E-state index contributed by atoms with van der Waals surface area (Å²) in [5.74, 6) is 0. The molecule has 0 amide bonds. The van der Waals surface area contributed by atoms with Gasteiger partial charge in [0.1, 0.15) is 16.3 Å². The number of pyridine rings is 1. The van der Waals surface area contributed by atoms with E-state index in [4.69, 9.17) is 13.0 Å². The van der Waals surface area contributed by atoms with Crippen molar-refractivity contribution in [2.24, 2.45) is 0 Å². The molecule has 0 aliphatic rings. The molecule has 2 aromatic rings. The van der Waals surface area contributed by atoms with E-state index in [0.717, 1.165) is 10.3 Å². The molecule has 27 heavy (non-hydrogen) atoms. The Morgan fingerprint density at radius 3 is 1.85 bits per heavy atom. The van der Waals surface area contributed by atoms with Crippen molar-refractivity contribution in [1.82, 2.24) is 4.98 Å². The predicted octanol–water partition coefficient (Wildman–Crippen LogP) is 4.25. The van der Waals surface area contributed by atoms with E-state index in [1.807, 2.05) is 6.07 Å². The van der Waals surface area contributed by atoms with E-state index in [1.165, 1.54) is 0 Å². The van der Waals surface area contributed by atoms with Gasteiger partial charge in [0.2, 0.25) is 0 Å². The molecule has 4 nitrogen and oxygen atoms in total. The first-order valence-electron chi connectivity index (χ1n) is 6.79. The molecule has 1 heterocycles. The molecule has 0 N–H and O–H groups in total. The average Bonchev–Trinajstić information content (AvgIpc) is 2.55. The standard InChI is InChI=1S/C14H11F3NS.CHF3O3S/c15-14(16,17)9-11-19(12-6-2-1-3-7-12)13-8-4-5-10-18-13;2-1(3,4)8(5,6)7/h1-11H;(H,5,6,7)/q+1;/p-1. The normalized spacial score (nSPS) is 13.7. The Hall–Kier alpha value is -2.05. The van der Waals surface area contributed by atoms with Crippen LogP contribution < -0.4 is 0 Å². The number of rotatable bonds is 3. The van der Waals surface area contributed by atoms with Gasteiger partial charge in [0.25, 0.3) is 5.03 Å². The van der Waals surface area contributed by atoms with Gasteiger partial charge in [-0.05, 0) is 18.2 Å². The van der Waals surface area contributed by atoms with Crippen molar-refractivity contribution in [2.45, 2.75) is 21.6 Å². The molecule has 0 bridgehead atoms. The van der Waals surface area contributed by atoms with E-state index >= 15 is 0 Å². The number of allylic oxidation sites excluding steroid dienone is 1. The maximum absolute atomic E-state index is 12.3. The Balaban J connectivity index is 0.000000387. The minimum absolute atomic E-state index is 0.276. The Kier molecular flexibility index (Phi) is 7.87. The van der Waals surface area contributed by atoms with Crippen LogP contribution in [0.2, 0.25) is 0 Å². The molecule has 0 spiro atoms. The molecule has 1 aromatic heterocycles. The lowest BCUT2D eigenvalue weighted by Gasteiger charge is -2.08. The summed E-state index contributed by atoms with van der Waals surface area (Å²) in [6.07, 6.45) is -2.45. The minimum Gasteiger partial charge on any atom is -0.741 e. The molecule has 0 saturated carbocycles. The molecule has 0 saturated heterocycles. The van der Waals surface area contributed by atoms with Gasteiger partial charge in [-0.2, -0.15) is 26.3 Å². The van der Waals surface area contributed by atoms with Crippen LogP contribution in [-0.4, -0.2) is 29.6 Å². The Morgan fingerprint density at radius 1 is 0.926 bits per heavy atom. The van der Waals surface area contributed by atoms with Crippen LogP contribution in [-0.2, 0) is 21.0 Å². The molecule has 0 aliphatic heterocycles. The summed E-state index contributed by atoms with van der Waals surface area (Å²) < 4.78 is 95.9. The van der Waals surface area contributed by atoms with Crippen molar-refractivity contribution in [2.75, 3.05) is 0 Å². The summed E-state index contributed by atoms with van der Waals surface area (Å²) in [4.78, 5) is 4.96. The van der Waals surface area contributed by atoms with Gasteiger partial charge in [-0.1, -0.05) is 24.3 Å². The molecule has 0 radical (unpaired) electrons. The van der Waals surface area contributed by atoms with Crippen molar-refractivity contribution in [3.8, 4) is 0 Å². The van der Waals surface area contributed by atoms with E-state index in [2.05, 4.69) is 4.98 Å². The molecule has 1 atom stereocenters. The zero-order chi connectivity index (χ0) is 20.7. The van der Waals surface area contributed by atoms with Crippen LogP contribution in [0.25, 0.3) is 0 Å². The first kappa shape index (κ1) is 23.0. The smallest absolute Gasteiger partial charge is 0.485 e. The van der Waals surface area contributed by atoms with Crippen LogP contribution >= 0.6 is 0 Å². The number of alkyl halides is 6. The summed E-state index contributed by atoms with van der Waals surface area (Å²) in [6.45, 7) is 0. The third kappa shape index (κ3) is 8.45. The van der Waals surface area contributed by atoms with Crippen molar-refractivity contribution in [3.63, 3.8) is 0 Å². The monoisotopic (exact) mass is 431 g/mol. The maximum atomic E-state index is 12.3. The number of hydrogen-bond acceptors (Lipinski definition) is 4. The predicted molar refractivity (Wildman–Crippen MR) is 85.5 cm³/mol. The van der Waals surface area contributed by atoms with E-state index in [9.17, 15) is 26.3 Å². The summed E-state index contributed by atoms with van der Waals surface area (Å²) in [7, 11) is -6.90. The Labute approximate surface area is 153 Å².